The van der Waals surface area contributed by atoms with Crippen molar-refractivity contribution in [3.63, 3.8) is 0 Å². The lowest BCUT2D eigenvalue weighted by molar-refractivity contribution is -0.142. The molecule has 1 aliphatic carbocycles. The molecule has 1 heterocycles. The van der Waals surface area contributed by atoms with Crippen molar-refractivity contribution in [1.82, 2.24) is 15.1 Å². The van der Waals surface area contributed by atoms with Crippen molar-refractivity contribution >= 4 is 11.9 Å². The van der Waals surface area contributed by atoms with E-state index in [1.54, 1.807) is 4.90 Å². The second-order valence-electron chi connectivity index (χ2n) is 5.81. The van der Waals surface area contributed by atoms with Crippen LogP contribution in [0.3, 0.4) is 0 Å². The molecule has 1 saturated carbocycles. The Morgan fingerprint density at radius 1 is 1.10 bits per heavy atom. The number of hydrogen-bond acceptors (Lipinski definition) is 3. The smallest absolute Gasteiger partial charge is 0.317 e. The van der Waals surface area contributed by atoms with Gasteiger partial charge in [-0.1, -0.05) is 12.8 Å². The van der Waals surface area contributed by atoms with E-state index in [9.17, 15) is 9.59 Å². The SMILES string of the molecule is CCNC(=O)N1CCN(C(=O)C2(CN)CCCC2)CC1. The summed E-state index contributed by atoms with van der Waals surface area (Å²) in [4.78, 5) is 28.1. The molecule has 0 aromatic carbocycles. The molecule has 3 N–H and O–H groups in total. The van der Waals surface area contributed by atoms with Crippen molar-refractivity contribution < 1.29 is 9.59 Å². The Kier molecular flexibility index (Phi) is 4.86. The summed E-state index contributed by atoms with van der Waals surface area (Å²) in [5, 5.41) is 2.80. The Bertz CT molecular complexity index is 358. The van der Waals surface area contributed by atoms with Crippen molar-refractivity contribution in [2.75, 3.05) is 39.3 Å². The molecule has 20 heavy (non-hydrogen) atoms. The molecule has 0 aromatic heterocycles. The van der Waals surface area contributed by atoms with Crippen molar-refractivity contribution in [3.05, 3.63) is 0 Å². The monoisotopic (exact) mass is 282 g/mol. The molecule has 2 fully saturated rings. The Morgan fingerprint density at radius 2 is 1.65 bits per heavy atom. The summed E-state index contributed by atoms with van der Waals surface area (Å²) in [6.45, 7) is 5.45. The molecule has 114 valence electrons. The first-order valence-corrected chi connectivity index (χ1v) is 7.65. The van der Waals surface area contributed by atoms with Gasteiger partial charge in [-0.15, -0.1) is 0 Å². The predicted molar refractivity (Wildman–Crippen MR) is 77.2 cm³/mol. The number of amides is 3. The highest BCUT2D eigenvalue weighted by Gasteiger charge is 2.43. The summed E-state index contributed by atoms with van der Waals surface area (Å²) in [5.41, 5.74) is 5.54. The third-order valence-corrected chi connectivity index (χ3v) is 4.59. The fourth-order valence-electron chi connectivity index (χ4n) is 3.27. The number of hydrogen-bond donors (Lipinski definition) is 2. The van der Waals surface area contributed by atoms with Gasteiger partial charge in [0.05, 0.1) is 5.41 Å². The average molecular weight is 282 g/mol. The molecule has 0 atom stereocenters. The van der Waals surface area contributed by atoms with Gasteiger partial charge in [-0.05, 0) is 19.8 Å². The number of urea groups is 1. The van der Waals surface area contributed by atoms with Gasteiger partial charge in [-0.25, -0.2) is 4.79 Å². The second kappa shape index (κ2) is 6.43. The molecule has 1 aliphatic heterocycles. The molecule has 0 spiro atoms. The van der Waals surface area contributed by atoms with E-state index in [1.807, 2.05) is 11.8 Å². The minimum absolute atomic E-state index is 0.0333. The number of nitrogens with two attached hydrogens (primary N) is 1. The number of carbonyl (C=O) groups is 2. The predicted octanol–water partition coefficient (Wildman–Crippen LogP) is 0.379. The van der Waals surface area contributed by atoms with Crippen LogP contribution in [0.2, 0.25) is 0 Å². The minimum atomic E-state index is -0.326. The highest BCUT2D eigenvalue weighted by molar-refractivity contribution is 5.84. The van der Waals surface area contributed by atoms with Gasteiger partial charge in [0.15, 0.2) is 0 Å². The molecule has 1 saturated heterocycles. The highest BCUT2D eigenvalue weighted by atomic mass is 16.2. The maximum atomic E-state index is 12.7. The highest BCUT2D eigenvalue weighted by Crippen LogP contribution is 2.38. The van der Waals surface area contributed by atoms with Crippen molar-refractivity contribution in [2.45, 2.75) is 32.6 Å². The van der Waals surface area contributed by atoms with Gasteiger partial charge in [0, 0.05) is 39.3 Å². The largest absolute Gasteiger partial charge is 0.339 e. The first-order chi connectivity index (χ1) is 9.63. The zero-order valence-corrected chi connectivity index (χ0v) is 12.4. The third-order valence-electron chi connectivity index (χ3n) is 4.59. The number of carbonyl (C=O) groups excluding carboxylic acids is 2. The van der Waals surface area contributed by atoms with Gasteiger partial charge in [0.25, 0.3) is 0 Å². The van der Waals surface area contributed by atoms with E-state index >= 15 is 0 Å². The van der Waals surface area contributed by atoms with Crippen LogP contribution in [0, 0.1) is 5.41 Å². The van der Waals surface area contributed by atoms with Gasteiger partial charge in [-0.2, -0.15) is 0 Å². The standard InChI is InChI=1S/C14H26N4O2/c1-2-16-13(20)18-9-7-17(8-10-18)12(19)14(11-15)5-3-4-6-14/h2-11,15H2,1H3,(H,16,20). The van der Waals surface area contributed by atoms with Crippen LogP contribution in [0.1, 0.15) is 32.6 Å². The summed E-state index contributed by atoms with van der Waals surface area (Å²) in [6, 6.07) is -0.0333. The normalized spacial score (nSPS) is 21.9. The summed E-state index contributed by atoms with van der Waals surface area (Å²) in [6.07, 6.45) is 4.03. The fourth-order valence-corrected chi connectivity index (χ4v) is 3.27. The molecule has 0 aromatic rings. The van der Waals surface area contributed by atoms with Gasteiger partial charge in [0.1, 0.15) is 0 Å². The molecule has 2 rings (SSSR count). The van der Waals surface area contributed by atoms with E-state index < -0.39 is 0 Å². The lowest BCUT2D eigenvalue weighted by Gasteiger charge is -2.39. The van der Waals surface area contributed by atoms with Crippen LogP contribution in [0.15, 0.2) is 0 Å². The number of nitrogens with zero attached hydrogens (tertiary/aromatic N) is 2. The summed E-state index contributed by atoms with van der Waals surface area (Å²) < 4.78 is 0. The van der Waals surface area contributed by atoms with E-state index in [2.05, 4.69) is 5.32 Å². The van der Waals surface area contributed by atoms with Crippen molar-refractivity contribution in [2.24, 2.45) is 11.1 Å². The van der Waals surface area contributed by atoms with Gasteiger partial charge < -0.3 is 20.9 Å². The van der Waals surface area contributed by atoms with Crippen molar-refractivity contribution in [1.29, 1.82) is 0 Å². The Balaban J connectivity index is 1.90. The average Bonchev–Trinajstić information content (AvgIpc) is 2.97. The quantitative estimate of drug-likeness (QED) is 0.785. The first kappa shape index (κ1) is 15.1. The molecule has 0 unspecified atom stereocenters. The lowest BCUT2D eigenvalue weighted by Crippen LogP contribution is -2.56. The second-order valence-corrected chi connectivity index (χ2v) is 5.81. The maximum Gasteiger partial charge on any atom is 0.317 e. The molecule has 2 aliphatic rings. The van der Waals surface area contributed by atoms with Crippen LogP contribution >= 0.6 is 0 Å². The van der Waals surface area contributed by atoms with E-state index in [1.165, 1.54) is 0 Å². The maximum absolute atomic E-state index is 12.7. The summed E-state index contributed by atoms with van der Waals surface area (Å²) >= 11 is 0. The van der Waals surface area contributed by atoms with Crippen LogP contribution in [-0.2, 0) is 4.79 Å². The Morgan fingerprint density at radius 3 is 2.15 bits per heavy atom. The number of piperazine rings is 1. The summed E-state index contributed by atoms with van der Waals surface area (Å²) in [5.74, 6) is 0.202. The van der Waals surface area contributed by atoms with Crippen LogP contribution in [0.5, 0.6) is 0 Å². The van der Waals surface area contributed by atoms with Crippen LogP contribution in [0.25, 0.3) is 0 Å². The van der Waals surface area contributed by atoms with E-state index in [0.29, 0.717) is 39.3 Å². The van der Waals surface area contributed by atoms with Gasteiger partial charge in [-0.3, -0.25) is 4.79 Å². The third kappa shape index (κ3) is 2.90. The van der Waals surface area contributed by atoms with E-state index in [4.69, 9.17) is 5.73 Å². The number of rotatable bonds is 3. The van der Waals surface area contributed by atoms with Crippen molar-refractivity contribution in [3.8, 4) is 0 Å². The first-order valence-electron chi connectivity index (χ1n) is 7.65. The molecule has 6 heteroatoms. The van der Waals surface area contributed by atoms with E-state index in [0.717, 1.165) is 25.7 Å². The molecule has 0 radical (unpaired) electrons. The van der Waals surface area contributed by atoms with Crippen LogP contribution in [-0.4, -0.2) is 61.0 Å². The molecule has 0 bridgehead atoms. The summed E-state index contributed by atoms with van der Waals surface area (Å²) in [7, 11) is 0. The molecule has 3 amide bonds. The Hall–Kier alpha value is -1.30. The topological polar surface area (TPSA) is 78.7 Å². The van der Waals surface area contributed by atoms with Gasteiger partial charge >= 0.3 is 6.03 Å². The zero-order chi connectivity index (χ0) is 14.6. The number of nitrogens with one attached hydrogen (secondary N) is 1. The lowest BCUT2D eigenvalue weighted by atomic mass is 9.84. The van der Waals surface area contributed by atoms with Gasteiger partial charge in [0.2, 0.25) is 5.91 Å². The fraction of sp³-hybridized carbons (Fsp3) is 0.857. The molecule has 6 nitrogen and oxygen atoms in total. The zero-order valence-electron chi connectivity index (χ0n) is 12.4. The molecular weight excluding hydrogens is 256 g/mol. The minimum Gasteiger partial charge on any atom is -0.339 e. The molecular formula is C14H26N4O2. The Labute approximate surface area is 120 Å². The van der Waals surface area contributed by atoms with E-state index in [-0.39, 0.29) is 17.4 Å². The van der Waals surface area contributed by atoms with Crippen LogP contribution in [0.4, 0.5) is 4.79 Å². The van der Waals surface area contributed by atoms with Crippen LogP contribution < -0.4 is 11.1 Å².